The molecule has 130 valence electrons. The van der Waals surface area contributed by atoms with Gasteiger partial charge in [0.05, 0.1) is 11.0 Å². The molecule has 0 radical (unpaired) electrons. The fraction of sp³-hybridized carbons (Fsp3) is 0. The van der Waals surface area contributed by atoms with E-state index in [1.807, 2.05) is 60.7 Å². The molecule has 0 aliphatic heterocycles. The smallest absolute Gasteiger partial charge is 0.310 e. The van der Waals surface area contributed by atoms with Crippen molar-refractivity contribution in [3.05, 3.63) is 100 Å². The first-order valence-electron chi connectivity index (χ1n) is 8.53. The summed E-state index contributed by atoms with van der Waals surface area (Å²) in [6.45, 7) is 0. The van der Waals surface area contributed by atoms with Crippen LogP contribution in [0.2, 0.25) is 0 Å². The summed E-state index contributed by atoms with van der Waals surface area (Å²) >= 11 is 1.68. The number of rotatable bonds is 3. The Kier molecular flexibility index (Phi) is 3.80. The van der Waals surface area contributed by atoms with E-state index in [1.165, 1.54) is 9.30 Å². The Labute approximate surface area is 158 Å². The van der Waals surface area contributed by atoms with Crippen molar-refractivity contribution in [2.75, 3.05) is 0 Å². The first kappa shape index (κ1) is 15.9. The molecule has 0 saturated heterocycles. The van der Waals surface area contributed by atoms with Gasteiger partial charge in [0.15, 0.2) is 5.42 Å². The second-order valence-electron chi connectivity index (χ2n) is 6.12. The lowest BCUT2D eigenvalue weighted by Crippen LogP contribution is -2.23. The van der Waals surface area contributed by atoms with Crippen molar-refractivity contribution in [3.8, 4) is 0 Å². The number of para-hydroxylation sites is 2. The number of hydrogen-bond acceptors (Lipinski definition) is 4. The van der Waals surface area contributed by atoms with Gasteiger partial charge in [0.1, 0.15) is 0 Å². The van der Waals surface area contributed by atoms with Crippen LogP contribution in [-0.4, -0.2) is 9.38 Å². The summed E-state index contributed by atoms with van der Waals surface area (Å²) in [7, 11) is 0. The maximum Gasteiger partial charge on any atom is 0.310 e. The van der Waals surface area contributed by atoms with Gasteiger partial charge in [-0.25, -0.2) is 4.40 Å². The van der Waals surface area contributed by atoms with E-state index in [4.69, 9.17) is 4.42 Å². The fourth-order valence-electron chi connectivity index (χ4n) is 3.06. The van der Waals surface area contributed by atoms with Crippen LogP contribution >= 0.6 is 11.8 Å². The summed E-state index contributed by atoms with van der Waals surface area (Å²) in [5, 5.41) is 0. The van der Waals surface area contributed by atoms with E-state index in [2.05, 4.69) is 23.2 Å². The highest BCUT2D eigenvalue weighted by atomic mass is 32.2. The molecule has 0 aliphatic rings. The molecular weight excluding hydrogens is 356 g/mol. The van der Waals surface area contributed by atoms with E-state index < -0.39 is 0 Å². The van der Waals surface area contributed by atoms with Crippen LogP contribution in [0.5, 0.6) is 0 Å². The number of benzene rings is 3. The van der Waals surface area contributed by atoms with E-state index in [0.717, 1.165) is 21.5 Å². The minimum absolute atomic E-state index is 0.195. The topological polar surface area (TPSA) is 47.5 Å². The monoisotopic (exact) mass is 370 g/mol. The highest BCUT2D eigenvalue weighted by Crippen LogP contribution is 2.27. The molecule has 5 heteroatoms. The predicted octanol–water partition coefficient (Wildman–Crippen LogP) is 4.14. The number of aromatic nitrogens is 2. The molecule has 0 spiro atoms. The van der Waals surface area contributed by atoms with Crippen LogP contribution in [0, 0.1) is 0 Å². The number of nitrogens with zero attached hydrogens (tertiary/aromatic N) is 2. The second-order valence-corrected chi connectivity index (χ2v) is 7.27. The molecule has 5 aromatic rings. The van der Waals surface area contributed by atoms with Crippen LogP contribution in [0.4, 0.5) is 0 Å². The molecule has 0 fully saturated rings. The summed E-state index contributed by atoms with van der Waals surface area (Å²) in [5.41, 5.74) is 2.51. The number of oxazole rings is 1. The van der Waals surface area contributed by atoms with E-state index >= 15 is 0 Å². The molecule has 27 heavy (non-hydrogen) atoms. The molecule has 5 rings (SSSR count). The summed E-state index contributed by atoms with van der Waals surface area (Å²) in [5.74, 6) is 0.322. The van der Waals surface area contributed by atoms with Crippen LogP contribution in [0.3, 0.4) is 0 Å². The average molecular weight is 370 g/mol. The maximum atomic E-state index is 12.8. The largest absolute Gasteiger partial charge is 0.419 e. The summed E-state index contributed by atoms with van der Waals surface area (Å²) in [6, 6.07) is 25.7. The zero-order valence-corrected chi connectivity index (χ0v) is 15.0. The zero-order valence-electron chi connectivity index (χ0n) is 14.2. The lowest BCUT2D eigenvalue weighted by atomic mass is 10.2. The number of hydrogen-bond donors (Lipinski definition) is 0. The van der Waals surface area contributed by atoms with Crippen molar-refractivity contribution < 1.29 is 4.42 Å². The van der Waals surface area contributed by atoms with Crippen molar-refractivity contribution in [3.63, 3.8) is 0 Å². The van der Waals surface area contributed by atoms with Gasteiger partial charge in [-0.2, -0.15) is 4.98 Å². The Morgan fingerprint density at radius 2 is 1.67 bits per heavy atom. The second kappa shape index (κ2) is 6.45. The first-order chi connectivity index (χ1) is 13.3. The SMILES string of the molecule is O=c1c(=Cc2cccc(Sc3ccccc3)c2)oc2nc3ccccc3n12. The molecule has 0 saturated carbocycles. The minimum atomic E-state index is -0.195. The molecule has 4 nitrogen and oxygen atoms in total. The predicted molar refractivity (Wildman–Crippen MR) is 107 cm³/mol. The van der Waals surface area contributed by atoms with Gasteiger partial charge in [-0.1, -0.05) is 54.2 Å². The van der Waals surface area contributed by atoms with Gasteiger partial charge in [-0.05, 0) is 48.0 Å². The van der Waals surface area contributed by atoms with Gasteiger partial charge in [0, 0.05) is 9.79 Å². The fourth-order valence-corrected chi connectivity index (χ4v) is 3.96. The van der Waals surface area contributed by atoms with Crippen molar-refractivity contribution in [2.24, 2.45) is 0 Å². The Morgan fingerprint density at radius 3 is 2.56 bits per heavy atom. The molecule has 0 atom stereocenters. The third-order valence-electron chi connectivity index (χ3n) is 4.28. The molecule has 2 aromatic heterocycles. The van der Waals surface area contributed by atoms with Crippen LogP contribution in [0.1, 0.15) is 5.56 Å². The molecule has 0 amide bonds. The van der Waals surface area contributed by atoms with Gasteiger partial charge in [0.2, 0.25) is 0 Å². The Balaban J connectivity index is 1.58. The van der Waals surface area contributed by atoms with Gasteiger partial charge in [-0.3, -0.25) is 4.79 Å². The third kappa shape index (κ3) is 2.92. The maximum absolute atomic E-state index is 12.8. The van der Waals surface area contributed by atoms with Crippen LogP contribution in [0.25, 0.3) is 23.0 Å². The molecule has 0 aliphatic carbocycles. The highest BCUT2D eigenvalue weighted by Gasteiger charge is 2.12. The Morgan fingerprint density at radius 1 is 0.889 bits per heavy atom. The highest BCUT2D eigenvalue weighted by molar-refractivity contribution is 7.99. The normalized spacial score (nSPS) is 12.2. The molecule has 2 heterocycles. The van der Waals surface area contributed by atoms with Gasteiger partial charge in [-0.15, -0.1) is 0 Å². The standard InChI is InChI=1S/C22H14N2O2S/c25-21-20(26-22-23-18-11-4-5-12-19(18)24(21)22)14-15-7-6-10-17(13-15)27-16-8-2-1-3-9-16/h1-14H. The van der Waals surface area contributed by atoms with E-state index in [0.29, 0.717) is 5.84 Å². The van der Waals surface area contributed by atoms with Crippen molar-refractivity contribution in [2.45, 2.75) is 9.79 Å². The van der Waals surface area contributed by atoms with Crippen molar-refractivity contribution in [1.82, 2.24) is 9.38 Å². The summed E-state index contributed by atoms with van der Waals surface area (Å²) < 4.78 is 7.24. The molecule has 0 bridgehead atoms. The summed E-state index contributed by atoms with van der Waals surface area (Å²) in [6.07, 6.45) is 1.76. The number of imidazole rings is 1. The summed E-state index contributed by atoms with van der Waals surface area (Å²) in [4.78, 5) is 19.4. The van der Waals surface area contributed by atoms with Gasteiger partial charge in [0.25, 0.3) is 0 Å². The Bertz CT molecular complexity index is 1370. The van der Waals surface area contributed by atoms with Crippen molar-refractivity contribution in [1.29, 1.82) is 0 Å². The van der Waals surface area contributed by atoms with Gasteiger partial charge < -0.3 is 4.42 Å². The minimum Gasteiger partial charge on any atom is -0.419 e. The molecule has 0 unspecified atom stereocenters. The average Bonchev–Trinajstić information content (AvgIpc) is 3.19. The third-order valence-corrected chi connectivity index (χ3v) is 5.28. The van der Waals surface area contributed by atoms with Crippen molar-refractivity contribution >= 4 is 34.7 Å². The van der Waals surface area contributed by atoms with Gasteiger partial charge >= 0.3 is 11.4 Å². The van der Waals surface area contributed by atoms with Crippen LogP contribution in [0.15, 0.2) is 97.9 Å². The number of fused-ring (bicyclic) bond motifs is 3. The lowest BCUT2D eigenvalue weighted by molar-refractivity contribution is 0.561. The van der Waals surface area contributed by atoms with E-state index in [-0.39, 0.29) is 11.0 Å². The zero-order chi connectivity index (χ0) is 18.2. The van der Waals surface area contributed by atoms with E-state index in [1.54, 1.807) is 17.8 Å². The molecule has 0 N–H and O–H groups in total. The lowest BCUT2D eigenvalue weighted by Gasteiger charge is -2.02. The molecular formula is C22H14N2O2S. The quantitative estimate of drug-likeness (QED) is 0.479. The molecule has 3 aromatic carbocycles. The Hall–Kier alpha value is -3.31. The van der Waals surface area contributed by atoms with E-state index in [9.17, 15) is 4.79 Å². The van der Waals surface area contributed by atoms with Crippen LogP contribution in [-0.2, 0) is 0 Å². The first-order valence-corrected chi connectivity index (χ1v) is 9.34. The van der Waals surface area contributed by atoms with Crippen LogP contribution < -0.4 is 11.0 Å².